The molecule has 0 radical (unpaired) electrons. The molecule has 5 nitrogen and oxygen atoms in total. The lowest BCUT2D eigenvalue weighted by Crippen LogP contribution is -2.44. The van der Waals surface area contributed by atoms with Crippen LogP contribution in [-0.2, 0) is 6.54 Å². The monoisotopic (exact) mass is 326 g/mol. The molecule has 1 aliphatic rings. The summed E-state index contributed by atoms with van der Waals surface area (Å²) in [5.41, 5.74) is 1.72. The van der Waals surface area contributed by atoms with Gasteiger partial charge in [0.2, 0.25) is 0 Å². The lowest BCUT2D eigenvalue weighted by Gasteiger charge is -2.33. The number of amides is 1. The van der Waals surface area contributed by atoms with E-state index < -0.39 is 12.1 Å². The zero-order chi connectivity index (χ0) is 16.6. The van der Waals surface area contributed by atoms with Gasteiger partial charge in [0.15, 0.2) is 0 Å². The number of halogens is 3. The molecule has 2 heterocycles. The zero-order valence-electron chi connectivity index (χ0n) is 12.7. The number of rotatable bonds is 2. The lowest BCUT2D eigenvalue weighted by atomic mass is 9.97. The summed E-state index contributed by atoms with van der Waals surface area (Å²) in [6.07, 6.45) is -3.81. The number of carbonyl (C=O) groups is 1. The van der Waals surface area contributed by atoms with Crippen LogP contribution >= 0.6 is 0 Å². The number of nitrogens with zero attached hydrogens (tertiary/aromatic N) is 4. The Morgan fingerprint density at radius 1 is 1.39 bits per heavy atom. The maximum atomic E-state index is 12.9. The first-order chi connectivity index (χ1) is 10.9. The minimum atomic E-state index is -4.26. The minimum Gasteiger partial charge on any atom is -0.338 e. The van der Waals surface area contributed by atoms with E-state index in [1.54, 1.807) is 22.9 Å². The molecular formula is C15H17F3N4O. The molecule has 1 fully saturated rings. The van der Waals surface area contributed by atoms with Crippen LogP contribution in [0.3, 0.4) is 0 Å². The third-order valence-corrected chi connectivity index (χ3v) is 4.23. The van der Waals surface area contributed by atoms with E-state index in [1.807, 2.05) is 6.92 Å². The highest BCUT2D eigenvalue weighted by atomic mass is 19.4. The number of likely N-dealkylation sites (tertiary alicyclic amines) is 1. The summed E-state index contributed by atoms with van der Waals surface area (Å²) in [5, 5.41) is 7.96. The highest BCUT2D eigenvalue weighted by Gasteiger charge is 2.42. The normalized spacial score (nSPS) is 19.3. The van der Waals surface area contributed by atoms with Gasteiger partial charge in [0.25, 0.3) is 5.91 Å². The van der Waals surface area contributed by atoms with Gasteiger partial charge in [0, 0.05) is 25.2 Å². The molecule has 124 valence electrons. The molecular weight excluding hydrogens is 309 g/mol. The number of aromatic nitrogens is 3. The van der Waals surface area contributed by atoms with Crippen molar-refractivity contribution in [1.29, 1.82) is 0 Å². The Morgan fingerprint density at radius 3 is 2.87 bits per heavy atom. The van der Waals surface area contributed by atoms with Gasteiger partial charge in [-0.3, -0.25) is 4.79 Å². The van der Waals surface area contributed by atoms with Crippen molar-refractivity contribution in [2.75, 3.05) is 13.1 Å². The molecule has 3 rings (SSSR count). The highest BCUT2D eigenvalue weighted by molar-refractivity contribution is 5.97. The van der Waals surface area contributed by atoms with E-state index in [2.05, 4.69) is 10.3 Å². The number of alkyl halides is 3. The summed E-state index contributed by atoms with van der Waals surface area (Å²) in [6, 6.07) is 4.95. The molecule has 1 atom stereocenters. The molecule has 1 aromatic heterocycles. The van der Waals surface area contributed by atoms with E-state index in [4.69, 9.17) is 0 Å². The van der Waals surface area contributed by atoms with Crippen LogP contribution in [0.5, 0.6) is 0 Å². The van der Waals surface area contributed by atoms with Gasteiger partial charge in [0.1, 0.15) is 5.52 Å². The van der Waals surface area contributed by atoms with E-state index in [0.29, 0.717) is 30.6 Å². The van der Waals surface area contributed by atoms with Crippen molar-refractivity contribution in [2.45, 2.75) is 32.5 Å². The Morgan fingerprint density at radius 2 is 2.17 bits per heavy atom. The van der Waals surface area contributed by atoms with Crippen molar-refractivity contribution in [3.8, 4) is 0 Å². The molecule has 0 bridgehead atoms. The van der Waals surface area contributed by atoms with Crippen molar-refractivity contribution in [3.63, 3.8) is 0 Å². The first-order valence-corrected chi connectivity index (χ1v) is 7.59. The maximum absolute atomic E-state index is 12.9. The van der Waals surface area contributed by atoms with Crippen LogP contribution in [0.1, 0.15) is 30.1 Å². The Bertz CT molecular complexity index is 725. The third-order valence-electron chi connectivity index (χ3n) is 4.23. The van der Waals surface area contributed by atoms with Gasteiger partial charge >= 0.3 is 6.18 Å². The molecule has 1 amide bonds. The number of carbonyl (C=O) groups excluding carboxylic acids is 1. The van der Waals surface area contributed by atoms with Gasteiger partial charge in [-0.2, -0.15) is 13.2 Å². The largest absolute Gasteiger partial charge is 0.393 e. The molecule has 1 aliphatic heterocycles. The van der Waals surface area contributed by atoms with Gasteiger partial charge in [-0.15, -0.1) is 5.10 Å². The first-order valence-electron chi connectivity index (χ1n) is 7.59. The van der Waals surface area contributed by atoms with Crippen LogP contribution < -0.4 is 0 Å². The SMILES string of the molecule is CCn1nnc2cc(C(=O)N3CCCC(C(F)(F)F)C3)ccc21. The molecule has 0 aliphatic carbocycles. The summed E-state index contributed by atoms with van der Waals surface area (Å²) < 4.78 is 40.3. The van der Waals surface area contributed by atoms with Crippen LogP contribution in [0.2, 0.25) is 0 Å². The predicted molar refractivity (Wildman–Crippen MR) is 77.9 cm³/mol. The highest BCUT2D eigenvalue weighted by Crippen LogP contribution is 2.33. The van der Waals surface area contributed by atoms with E-state index >= 15 is 0 Å². The van der Waals surface area contributed by atoms with Crippen LogP contribution in [0.15, 0.2) is 18.2 Å². The van der Waals surface area contributed by atoms with Crippen molar-refractivity contribution in [2.24, 2.45) is 5.92 Å². The number of aryl methyl sites for hydroxylation is 1. The van der Waals surface area contributed by atoms with Gasteiger partial charge in [-0.05, 0) is 38.0 Å². The van der Waals surface area contributed by atoms with Crippen LogP contribution in [-0.4, -0.2) is 45.1 Å². The lowest BCUT2D eigenvalue weighted by molar-refractivity contribution is -0.184. The molecule has 1 unspecified atom stereocenters. The average molecular weight is 326 g/mol. The standard InChI is InChI=1S/C15H17F3N4O/c1-2-22-13-6-5-10(8-12(13)19-20-22)14(23)21-7-3-4-11(9-21)15(16,17)18/h5-6,8,11H,2-4,7,9H2,1H3. The summed E-state index contributed by atoms with van der Waals surface area (Å²) in [7, 11) is 0. The second-order valence-electron chi connectivity index (χ2n) is 5.74. The maximum Gasteiger partial charge on any atom is 0.393 e. The summed E-state index contributed by atoms with van der Waals surface area (Å²) >= 11 is 0. The number of benzene rings is 1. The quantitative estimate of drug-likeness (QED) is 0.853. The summed E-state index contributed by atoms with van der Waals surface area (Å²) in [4.78, 5) is 13.8. The molecule has 1 aromatic carbocycles. The number of hydrogen-bond acceptors (Lipinski definition) is 3. The topological polar surface area (TPSA) is 51.0 Å². The number of fused-ring (bicyclic) bond motifs is 1. The molecule has 2 aromatic rings. The van der Waals surface area contributed by atoms with E-state index in [9.17, 15) is 18.0 Å². The fraction of sp³-hybridized carbons (Fsp3) is 0.533. The van der Waals surface area contributed by atoms with Crippen molar-refractivity contribution >= 4 is 16.9 Å². The first kappa shape index (κ1) is 15.8. The van der Waals surface area contributed by atoms with Gasteiger partial charge in [-0.1, -0.05) is 5.21 Å². The average Bonchev–Trinajstić information content (AvgIpc) is 2.95. The predicted octanol–water partition coefficient (Wildman–Crippen LogP) is 2.87. The third kappa shape index (κ3) is 3.02. The zero-order valence-corrected chi connectivity index (χ0v) is 12.7. The van der Waals surface area contributed by atoms with Crippen molar-refractivity contribution < 1.29 is 18.0 Å². The van der Waals surface area contributed by atoms with Gasteiger partial charge in [0.05, 0.1) is 11.4 Å². The van der Waals surface area contributed by atoms with Crippen LogP contribution in [0.25, 0.3) is 11.0 Å². The van der Waals surface area contributed by atoms with Crippen molar-refractivity contribution in [3.05, 3.63) is 23.8 Å². The van der Waals surface area contributed by atoms with Crippen LogP contribution in [0, 0.1) is 5.92 Å². The Labute approximate surface area is 131 Å². The smallest absolute Gasteiger partial charge is 0.338 e. The van der Waals surface area contributed by atoms with E-state index in [0.717, 1.165) is 5.52 Å². The van der Waals surface area contributed by atoms with Gasteiger partial charge < -0.3 is 4.90 Å². The van der Waals surface area contributed by atoms with Crippen LogP contribution in [0.4, 0.5) is 13.2 Å². The molecule has 0 saturated carbocycles. The van der Waals surface area contributed by atoms with E-state index in [1.165, 1.54) is 4.90 Å². The van der Waals surface area contributed by atoms with E-state index in [-0.39, 0.29) is 18.9 Å². The number of piperidine rings is 1. The van der Waals surface area contributed by atoms with Crippen molar-refractivity contribution in [1.82, 2.24) is 19.9 Å². The second-order valence-corrected chi connectivity index (χ2v) is 5.74. The molecule has 23 heavy (non-hydrogen) atoms. The molecule has 0 N–H and O–H groups in total. The summed E-state index contributed by atoms with van der Waals surface area (Å²) in [6.45, 7) is 2.66. The molecule has 0 spiro atoms. The Balaban J connectivity index is 1.82. The molecule has 8 heteroatoms. The Kier molecular flexibility index (Phi) is 3.99. The fourth-order valence-electron chi connectivity index (χ4n) is 2.95. The summed E-state index contributed by atoms with van der Waals surface area (Å²) in [5.74, 6) is -1.82. The van der Waals surface area contributed by atoms with Gasteiger partial charge in [-0.25, -0.2) is 4.68 Å². The Hall–Kier alpha value is -2.12. The number of hydrogen-bond donors (Lipinski definition) is 0. The minimum absolute atomic E-state index is 0.0805. The second kappa shape index (κ2) is 5.82. The molecule has 1 saturated heterocycles. The fourth-order valence-corrected chi connectivity index (χ4v) is 2.95.